The molecule has 0 saturated heterocycles. The maximum Gasteiger partial charge on any atom is 0.264 e. The monoisotopic (exact) mass is 420 g/mol. The Morgan fingerprint density at radius 1 is 1.00 bits per heavy atom. The summed E-state index contributed by atoms with van der Waals surface area (Å²) in [5, 5.41) is 2.94. The van der Waals surface area contributed by atoms with Gasteiger partial charge in [0.25, 0.3) is 10.0 Å². The smallest absolute Gasteiger partial charge is 0.264 e. The molecule has 1 aliphatic rings. The minimum atomic E-state index is -3.61. The minimum absolute atomic E-state index is 0.0925. The zero-order valence-electron chi connectivity index (χ0n) is 16.8. The largest absolute Gasteiger partial charge is 0.326 e. The highest BCUT2D eigenvalue weighted by Crippen LogP contribution is 2.33. The van der Waals surface area contributed by atoms with Crippen molar-refractivity contribution in [1.29, 1.82) is 0 Å². The molecule has 30 heavy (non-hydrogen) atoms. The first kappa shape index (κ1) is 20.2. The number of aryl methyl sites for hydroxylation is 2. The van der Waals surface area contributed by atoms with Crippen LogP contribution in [0.2, 0.25) is 0 Å². The topological polar surface area (TPSA) is 66.5 Å². The number of sulfonamides is 1. The van der Waals surface area contributed by atoms with E-state index in [0.29, 0.717) is 24.3 Å². The molecule has 0 aromatic heterocycles. The van der Waals surface area contributed by atoms with Gasteiger partial charge in [-0.25, -0.2) is 8.42 Å². The predicted octanol–water partition coefficient (Wildman–Crippen LogP) is 4.32. The van der Waals surface area contributed by atoms with Crippen molar-refractivity contribution in [1.82, 2.24) is 0 Å². The van der Waals surface area contributed by atoms with E-state index in [2.05, 4.69) is 5.32 Å². The SMILES string of the molecule is Cc1cccc(CC(=O)Nc2ccc3c(c2)CCCN3S(=O)(=O)c2ccccc2)c1. The summed E-state index contributed by atoms with van der Waals surface area (Å²) in [4.78, 5) is 12.7. The quantitative estimate of drug-likeness (QED) is 0.669. The van der Waals surface area contributed by atoms with Crippen molar-refractivity contribution in [3.8, 4) is 0 Å². The maximum absolute atomic E-state index is 13.1. The van der Waals surface area contributed by atoms with Crippen molar-refractivity contribution in [3.63, 3.8) is 0 Å². The summed E-state index contributed by atoms with van der Waals surface area (Å²) in [5.74, 6) is -0.0925. The van der Waals surface area contributed by atoms with Crippen LogP contribution in [0.15, 0.2) is 77.7 Å². The lowest BCUT2D eigenvalue weighted by atomic mass is 10.0. The fourth-order valence-electron chi connectivity index (χ4n) is 3.82. The highest BCUT2D eigenvalue weighted by molar-refractivity contribution is 7.92. The first-order valence-electron chi connectivity index (χ1n) is 9.99. The molecule has 1 aliphatic heterocycles. The van der Waals surface area contributed by atoms with Crippen LogP contribution in [0.4, 0.5) is 11.4 Å². The van der Waals surface area contributed by atoms with Gasteiger partial charge in [0, 0.05) is 12.2 Å². The Labute approximate surface area is 177 Å². The third-order valence-electron chi connectivity index (χ3n) is 5.22. The molecular formula is C24H24N2O3S. The van der Waals surface area contributed by atoms with Crippen LogP contribution in [0.5, 0.6) is 0 Å². The van der Waals surface area contributed by atoms with Gasteiger partial charge in [0.05, 0.1) is 17.0 Å². The third-order valence-corrected chi connectivity index (χ3v) is 7.05. The Morgan fingerprint density at radius 3 is 2.57 bits per heavy atom. The van der Waals surface area contributed by atoms with E-state index in [1.165, 1.54) is 4.31 Å². The number of anilines is 2. The molecule has 4 rings (SSSR count). The molecule has 5 nitrogen and oxygen atoms in total. The molecule has 3 aromatic carbocycles. The molecule has 3 aromatic rings. The number of amides is 1. The number of hydrogen-bond donors (Lipinski definition) is 1. The van der Waals surface area contributed by atoms with Gasteiger partial charge < -0.3 is 5.32 Å². The van der Waals surface area contributed by atoms with E-state index in [-0.39, 0.29) is 10.8 Å². The Bertz CT molecular complexity index is 1170. The Hall–Kier alpha value is -3.12. The lowest BCUT2D eigenvalue weighted by molar-refractivity contribution is -0.115. The van der Waals surface area contributed by atoms with Crippen molar-refractivity contribution in [2.24, 2.45) is 0 Å². The molecule has 0 unspecified atom stereocenters. The Kier molecular flexibility index (Phi) is 5.59. The second-order valence-electron chi connectivity index (χ2n) is 7.55. The van der Waals surface area contributed by atoms with Crippen LogP contribution in [-0.4, -0.2) is 20.9 Å². The number of carbonyl (C=O) groups is 1. The van der Waals surface area contributed by atoms with Crippen LogP contribution in [0.3, 0.4) is 0 Å². The van der Waals surface area contributed by atoms with Gasteiger partial charge in [0.2, 0.25) is 5.91 Å². The van der Waals surface area contributed by atoms with Crippen molar-refractivity contribution in [2.75, 3.05) is 16.2 Å². The van der Waals surface area contributed by atoms with E-state index in [1.54, 1.807) is 42.5 Å². The molecule has 0 bridgehead atoms. The summed E-state index contributed by atoms with van der Waals surface area (Å²) >= 11 is 0. The lowest BCUT2D eigenvalue weighted by Crippen LogP contribution is -2.35. The summed E-state index contributed by atoms with van der Waals surface area (Å²) in [7, 11) is -3.61. The Morgan fingerprint density at radius 2 is 1.80 bits per heavy atom. The molecule has 0 spiro atoms. The van der Waals surface area contributed by atoms with Gasteiger partial charge in [0.1, 0.15) is 0 Å². The zero-order valence-corrected chi connectivity index (χ0v) is 17.7. The van der Waals surface area contributed by atoms with Gasteiger partial charge in [-0.2, -0.15) is 0 Å². The number of nitrogens with zero attached hydrogens (tertiary/aromatic N) is 1. The highest BCUT2D eigenvalue weighted by atomic mass is 32.2. The average molecular weight is 421 g/mol. The molecule has 154 valence electrons. The van der Waals surface area contributed by atoms with E-state index >= 15 is 0 Å². The molecule has 1 heterocycles. The van der Waals surface area contributed by atoms with Crippen LogP contribution < -0.4 is 9.62 Å². The average Bonchev–Trinajstić information content (AvgIpc) is 2.73. The predicted molar refractivity (Wildman–Crippen MR) is 119 cm³/mol. The third kappa shape index (κ3) is 4.24. The number of rotatable bonds is 5. The van der Waals surface area contributed by atoms with Crippen molar-refractivity contribution in [2.45, 2.75) is 31.1 Å². The number of benzene rings is 3. The first-order valence-corrected chi connectivity index (χ1v) is 11.4. The minimum Gasteiger partial charge on any atom is -0.326 e. The van der Waals surface area contributed by atoms with E-state index < -0.39 is 10.0 Å². The highest BCUT2D eigenvalue weighted by Gasteiger charge is 2.29. The summed E-state index contributed by atoms with van der Waals surface area (Å²) in [6.07, 6.45) is 1.81. The number of hydrogen-bond acceptors (Lipinski definition) is 3. The molecule has 0 saturated carbocycles. The summed E-state index contributed by atoms with van der Waals surface area (Å²) in [6, 6.07) is 21.8. The van der Waals surface area contributed by atoms with Crippen molar-refractivity contribution in [3.05, 3.63) is 89.5 Å². The van der Waals surface area contributed by atoms with Gasteiger partial charge in [-0.15, -0.1) is 0 Å². The Balaban J connectivity index is 1.54. The van der Waals surface area contributed by atoms with E-state index in [0.717, 1.165) is 29.5 Å². The number of fused-ring (bicyclic) bond motifs is 1. The summed E-state index contributed by atoms with van der Waals surface area (Å²) < 4.78 is 27.7. The standard InChI is InChI=1S/C24H24N2O3S/c1-18-7-5-8-19(15-18)16-24(27)25-21-12-13-23-20(17-21)9-6-14-26(23)30(28,29)22-10-3-2-4-11-22/h2-5,7-8,10-13,15,17H,6,9,14,16H2,1H3,(H,25,27). The van der Waals surface area contributed by atoms with Gasteiger partial charge in [-0.1, -0.05) is 48.0 Å². The second kappa shape index (κ2) is 8.32. The van der Waals surface area contributed by atoms with Gasteiger partial charge in [0.15, 0.2) is 0 Å². The second-order valence-corrected chi connectivity index (χ2v) is 9.41. The summed E-state index contributed by atoms with van der Waals surface area (Å²) in [6.45, 7) is 2.45. The van der Waals surface area contributed by atoms with Gasteiger partial charge in [-0.05, 0) is 61.2 Å². The van der Waals surface area contributed by atoms with Gasteiger partial charge in [-0.3, -0.25) is 9.10 Å². The normalized spacial score (nSPS) is 13.6. The molecule has 1 amide bonds. The van der Waals surface area contributed by atoms with Crippen LogP contribution >= 0.6 is 0 Å². The molecular weight excluding hydrogens is 396 g/mol. The van der Waals surface area contributed by atoms with Crippen molar-refractivity contribution < 1.29 is 13.2 Å². The molecule has 0 aliphatic carbocycles. The fraction of sp³-hybridized carbons (Fsp3) is 0.208. The first-order chi connectivity index (χ1) is 14.4. The lowest BCUT2D eigenvalue weighted by Gasteiger charge is -2.31. The van der Waals surface area contributed by atoms with E-state index in [1.807, 2.05) is 37.3 Å². The molecule has 0 radical (unpaired) electrons. The molecule has 6 heteroatoms. The molecule has 0 atom stereocenters. The zero-order chi connectivity index (χ0) is 21.1. The fourth-order valence-corrected chi connectivity index (χ4v) is 5.38. The molecule has 0 fully saturated rings. The van der Waals surface area contributed by atoms with Crippen LogP contribution in [-0.2, 0) is 27.7 Å². The van der Waals surface area contributed by atoms with Gasteiger partial charge >= 0.3 is 0 Å². The van der Waals surface area contributed by atoms with Crippen LogP contribution in [0, 0.1) is 6.92 Å². The summed E-state index contributed by atoms with van der Waals surface area (Å²) in [5.41, 5.74) is 4.38. The van der Waals surface area contributed by atoms with E-state index in [4.69, 9.17) is 0 Å². The van der Waals surface area contributed by atoms with Crippen molar-refractivity contribution >= 4 is 27.3 Å². The van der Waals surface area contributed by atoms with E-state index in [9.17, 15) is 13.2 Å². The maximum atomic E-state index is 13.1. The molecule has 1 N–H and O–H groups in total. The number of nitrogens with one attached hydrogen (secondary N) is 1. The van der Waals surface area contributed by atoms with Crippen LogP contribution in [0.1, 0.15) is 23.1 Å². The van der Waals surface area contributed by atoms with Crippen LogP contribution in [0.25, 0.3) is 0 Å². The number of carbonyl (C=O) groups excluding carboxylic acids is 1.